The van der Waals surface area contributed by atoms with E-state index < -0.39 is 6.10 Å². The van der Waals surface area contributed by atoms with E-state index in [1.54, 1.807) is 0 Å². The molecule has 180 valence electrons. The highest BCUT2D eigenvalue weighted by atomic mass is 16.3. The highest BCUT2D eigenvalue weighted by Crippen LogP contribution is 2.66. The summed E-state index contributed by atoms with van der Waals surface area (Å²) in [5.74, 6) is 2.95. The first kappa shape index (κ1) is 24.0. The summed E-state index contributed by atoms with van der Waals surface area (Å²) in [6.45, 7) is 11.2. The van der Waals surface area contributed by atoms with Gasteiger partial charge in [0.05, 0.1) is 12.1 Å². The van der Waals surface area contributed by atoms with Crippen molar-refractivity contribution in [2.75, 3.05) is 14.1 Å². The molecule has 0 aliphatic heterocycles. The smallest absolute Gasteiger partial charge is 0.246 e. The lowest BCUT2D eigenvalue weighted by Gasteiger charge is -2.59. The van der Waals surface area contributed by atoms with Crippen molar-refractivity contribution in [2.45, 2.75) is 97.8 Å². The summed E-state index contributed by atoms with van der Waals surface area (Å²) in [7, 11) is 4.47. The van der Waals surface area contributed by atoms with Crippen LogP contribution in [0.4, 0.5) is 0 Å². The number of rotatable bonds is 4. The Morgan fingerprint density at radius 3 is 2.62 bits per heavy atom. The number of carbonyl (C=O) groups is 1. The number of carbonyl (C=O) groups excluding carboxylic acids is 1. The average Bonchev–Trinajstić information content (AvgIpc) is 3.10. The topological polar surface area (TPSA) is 52.6 Å². The van der Waals surface area contributed by atoms with Gasteiger partial charge in [0.25, 0.3) is 0 Å². The molecule has 4 heteroatoms. The second-order valence-corrected chi connectivity index (χ2v) is 12.2. The monoisotopic (exact) mass is 442 g/mol. The standard InChI is InChI=1S/C28H46N2O2/c1-8-17(2)26(32)29-24-15-19-9-10-20-22-12-11-21(18(3)30(6)7)27(22,4)14-13-23(20)28(19,5)16-25(24)31/h8-9,18,20-25,31H,10-16H2,1-7H3,(H,29,32). The third-order valence-corrected chi connectivity index (χ3v) is 10.7. The Morgan fingerprint density at radius 2 is 1.97 bits per heavy atom. The average molecular weight is 443 g/mol. The summed E-state index contributed by atoms with van der Waals surface area (Å²) in [5, 5.41) is 14.2. The lowest BCUT2D eigenvalue weighted by molar-refractivity contribution is -0.120. The van der Waals surface area contributed by atoms with Crippen LogP contribution in [0.3, 0.4) is 0 Å². The van der Waals surface area contributed by atoms with Gasteiger partial charge < -0.3 is 15.3 Å². The molecule has 4 aliphatic carbocycles. The van der Waals surface area contributed by atoms with Crippen molar-refractivity contribution >= 4 is 5.91 Å². The van der Waals surface area contributed by atoms with Crippen LogP contribution in [0.25, 0.3) is 0 Å². The third kappa shape index (κ3) is 3.70. The Labute approximate surface area is 195 Å². The van der Waals surface area contributed by atoms with Crippen LogP contribution in [0.5, 0.6) is 0 Å². The van der Waals surface area contributed by atoms with Gasteiger partial charge in [0, 0.05) is 11.6 Å². The number of fused-ring (bicyclic) bond motifs is 5. The van der Waals surface area contributed by atoms with Gasteiger partial charge in [0.15, 0.2) is 0 Å². The maximum absolute atomic E-state index is 12.4. The summed E-state index contributed by atoms with van der Waals surface area (Å²) in [5.41, 5.74) is 2.73. The molecular weight excluding hydrogens is 396 g/mol. The molecule has 0 aromatic heterocycles. The Hall–Kier alpha value is -1.13. The van der Waals surface area contributed by atoms with Crippen molar-refractivity contribution in [3.8, 4) is 0 Å². The van der Waals surface area contributed by atoms with E-state index in [1.807, 2.05) is 19.9 Å². The first-order valence-corrected chi connectivity index (χ1v) is 13.0. The Morgan fingerprint density at radius 1 is 1.25 bits per heavy atom. The number of amides is 1. The normalized spacial score (nSPS) is 44.9. The van der Waals surface area contributed by atoms with E-state index >= 15 is 0 Å². The predicted molar refractivity (Wildman–Crippen MR) is 131 cm³/mol. The maximum atomic E-state index is 12.4. The van der Waals surface area contributed by atoms with Gasteiger partial charge in [-0.2, -0.15) is 0 Å². The molecule has 4 rings (SSSR count). The van der Waals surface area contributed by atoms with Gasteiger partial charge in [0.2, 0.25) is 5.91 Å². The molecule has 1 amide bonds. The Kier molecular flexibility index (Phi) is 6.44. The van der Waals surface area contributed by atoms with Gasteiger partial charge in [0.1, 0.15) is 0 Å². The number of aliphatic hydroxyl groups is 1. The summed E-state index contributed by atoms with van der Waals surface area (Å²) >= 11 is 0. The second-order valence-electron chi connectivity index (χ2n) is 12.2. The van der Waals surface area contributed by atoms with Gasteiger partial charge in [-0.3, -0.25) is 4.79 Å². The molecule has 0 aromatic rings. The number of allylic oxidation sites excluding steroid dienone is 2. The first-order valence-electron chi connectivity index (χ1n) is 13.0. The fraction of sp³-hybridized carbons (Fsp3) is 0.821. The number of aliphatic hydroxyl groups excluding tert-OH is 1. The van der Waals surface area contributed by atoms with Crippen molar-refractivity contribution < 1.29 is 9.90 Å². The van der Waals surface area contributed by atoms with Crippen LogP contribution in [0.15, 0.2) is 23.3 Å². The zero-order chi connectivity index (χ0) is 23.4. The van der Waals surface area contributed by atoms with E-state index in [4.69, 9.17) is 0 Å². The van der Waals surface area contributed by atoms with E-state index in [2.05, 4.69) is 51.2 Å². The molecule has 32 heavy (non-hydrogen) atoms. The van der Waals surface area contributed by atoms with Crippen LogP contribution in [-0.4, -0.2) is 48.2 Å². The maximum Gasteiger partial charge on any atom is 0.246 e. The zero-order valence-electron chi connectivity index (χ0n) is 21.4. The molecule has 0 saturated heterocycles. The summed E-state index contributed by atoms with van der Waals surface area (Å²) < 4.78 is 0. The molecule has 0 aromatic carbocycles. The largest absolute Gasteiger partial charge is 0.391 e. The van der Waals surface area contributed by atoms with Crippen molar-refractivity contribution in [2.24, 2.45) is 34.5 Å². The first-order chi connectivity index (χ1) is 15.0. The minimum Gasteiger partial charge on any atom is -0.391 e. The molecule has 9 atom stereocenters. The molecule has 3 saturated carbocycles. The molecule has 0 spiro atoms. The Bertz CT molecular complexity index is 801. The fourth-order valence-corrected chi connectivity index (χ4v) is 8.46. The van der Waals surface area contributed by atoms with Crippen LogP contribution >= 0.6 is 0 Å². The quantitative estimate of drug-likeness (QED) is 0.479. The molecule has 0 heterocycles. The van der Waals surface area contributed by atoms with Crippen molar-refractivity contribution in [1.82, 2.24) is 10.2 Å². The Balaban J connectivity index is 1.55. The van der Waals surface area contributed by atoms with Crippen molar-refractivity contribution in [3.63, 3.8) is 0 Å². The van der Waals surface area contributed by atoms with Crippen LogP contribution in [0.2, 0.25) is 0 Å². The van der Waals surface area contributed by atoms with Gasteiger partial charge in [-0.05, 0) is 114 Å². The number of hydrogen-bond acceptors (Lipinski definition) is 3. The second kappa shape index (κ2) is 8.58. The van der Waals surface area contributed by atoms with E-state index in [0.29, 0.717) is 17.4 Å². The lowest BCUT2D eigenvalue weighted by Crippen LogP contribution is -2.56. The van der Waals surface area contributed by atoms with Crippen LogP contribution in [0.1, 0.15) is 79.6 Å². The van der Waals surface area contributed by atoms with E-state index in [-0.39, 0.29) is 17.4 Å². The van der Waals surface area contributed by atoms with E-state index in [0.717, 1.165) is 36.2 Å². The fourth-order valence-electron chi connectivity index (χ4n) is 8.46. The molecular formula is C28H46N2O2. The third-order valence-electron chi connectivity index (χ3n) is 10.7. The van der Waals surface area contributed by atoms with Gasteiger partial charge in [-0.1, -0.05) is 31.6 Å². The van der Waals surface area contributed by atoms with Crippen LogP contribution < -0.4 is 5.32 Å². The summed E-state index contributed by atoms with van der Waals surface area (Å²) in [4.78, 5) is 14.9. The number of hydrogen-bond donors (Lipinski definition) is 2. The van der Waals surface area contributed by atoms with Crippen LogP contribution in [0, 0.1) is 34.5 Å². The predicted octanol–water partition coefficient (Wildman–Crippen LogP) is 4.94. The molecule has 2 N–H and O–H groups in total. The molecule has 3 fully saturated rings. The van der Waals surface area contributed by atoms with E-state index in [1.165, 1.54) is 37.7 Å². The molecule has 9 unspecified atom stereocenters. The van der Waals surface area contributed by atoms with Crippen molar-refractivity contribution in [1.29, 1.82) is 0 Å². The highest BCUT2D eigenvalue weighted by molar-refractivity contribution is 5.92. The molecule has 4 nitrogen and oxygen atoms in total. The van der Waals surface area contributed by atoms with Gasteiger partial charge >= 0.3 is 0 Å². The highest BCUT2D eigenvalue weighted by Gasteiger charge is 2.60. The summed E-state index contributed by atoms with van der Waals surface area (Å²) in [6, 6.07) is 0.465. The minimum absolute atomic E-state index is 0.0464. The zero-order valence-corrected chi connectivity index (χ0v) is 21.4. The number of nitrogens with one attached hydrogen (secondary N) is 1. The van der Waals surface area contributed by atoms with Crippen LogP contribution in [-0.2, 0) is 4.79 Å². The number of nitrogens with zero attached hydrogens (tertiary/aromatic N) is 1. The van der Waals surface area contributed by atoms with Gasteiger partial charge in [-0.25, -0.2) is 0 Å². The van der Waals surface area contributed by atoms with E-state index in [9.17, 15) is 9.90 Å². The SMILES string of the molecule is CC=C(C)C(=O)NC1CC2=CCC3C(CCC4(C)C3CCC4C(C)N(C)C)C2(C)CC1O. The molecule has 0 bridgehead atoms. The van der Waals surface area contributed by atoms with Gasteiger partial charge in [-0.15, -0.1) is 0 Å². The summed E-state index contributed by atoms with van der Waals surface area (Å²) in [6.07, 6.45) is 12.0. The minimum atomic E-state index is -0.470. The molecule has 4 aliphatic rings. The lowest BCUT2D eigenvalue weighted by atomic mass is 9.47. The molecule has 0 radical (unpaired) electrons. The van der Waals surface area contributed by atoms with Crippen molar-refractivity contribution in [3.05, 3.63) is 23.3 Å².